The minimum Gasteiger partial charge on any atom is -0.390 e. The van der Waals surface area contributed by atoms with E-state index in [4.69, 9.17) is 5.73 Å². The molecule has 0 fully saturated rings. The smallest absolute Gasteiger partial charge is 0.240 e. The van der Waals surface area contributed by atoms with Crippen molar-refractivity contribution in [1.82, 2.24) is 24.5 Å². The van der Waals surface area contributed by atoms with Crippen molar-refractivity contribution in [2.45, 2.75) is 57.6 Å². The van der Waals surface area contributed by atoms with Crippen LogP contribution in [0.4, 0.5) is 5.82 Å². The average Bonchev–Trinajstić information content (AvgIpc) is 3.18. The fraction of sp³-hybridized carbons (Fsp3) is 0.409. The zero-order valence-corrected chi connectivity index (χ0v) is 19.8. The SMILES string of the molecule is Cc1ccc(S(=O)(=O)NCCC(C)(C)O)cc1-c1cnc(N)c(-c2cnn(C(C)C)c2)n1. The van der Waals surface area contributed by atoms with E-state index in [0.29, 0.717) is 23.4 Å². The van der Waals surface area contributed by atoms with Gasteiger partial charge >= 0.3 is 0 Å². The molecule has 9 nitrogen and oxygen atoms in total. The molecule has 0 spiro atoms. The highest BCUT2D eigenvalue weighted by Gasteiger charge is 2.20. The van der Waals surface area contributed by atoms with Crippen LogP contribution in [0.1, 0.15) is 45.7 Å². The average molecular weight is 459 g/mol. The van der Waals surface area contributed by atoms with Crippen molar-refractivity contribution < 1.29 is 13.5 Å². The number of nitrogens with zero attached hydrogens (tertiary/aromatic N) is 4. The van der Waals surface area contributed by atoms with Gasteiger partial charge in [-0.25, -0.2) is 23.1 Å². The lowest BCUT2D eigenvalue weighted by Gasteiger charge is -2.17. The van der Waals surface area contributed by atoms with Crippen LogP contribution in [0.5, 0.6) is 0 Å². The number of rotatable bonds is 8. The van der Waals surface area contributed by atoms with Crippen molar-refractivity contribution >= 4 is 15.8 Å². The zero-order valence-electron chi connectivity index (χ0n) is 19.0. The summed E-state index contributed by atoms with van der Waals surface area (Å²) in [5, 5.41) is 14.2. The zero-order chi connectivity index (χ0) is 23.7. The molecule has 0 radical (unpaired) electrons. The maximum absolute atomic E-state index is 12.8. The summed E-state index contributed by atoms with van der Waals surface area (Å²) in [5.74, 6) is 0.270. The molecule has 0 saturated heterocycles. The molecule has 3 aromatic rings. The van der Waals surface area contributed by atoms with Crippen LogP contribution in [0.3, 0.4) is 0 Å². The highest BCUT2D eigenvalue weighted by molar-refractivity contribution is 7.89. The van der Waals surface area contributed by atoms with Gasteiger partial charge in [0.1, 0.15) is 11.5 Å². The molecule has 172 valence electrons. The Morgan fingerprint density at radius 1 is 1.25 bits per heavy atom. The molecule has 0 aliphatic rings. The van der Waals surface area contributed by atoms with Crippen LogP contribution in [0.15, 0.2) is 41.7 Å². The first-order valence-corrected chi connectivity index (χ1v) is 11.9. The van der Waals surface area contributed by atoms with Gasteiger partial charge < -0.3 is 10.8 Å². The monoisotopic (exact) mass is 458 g/mol. The summed E-state index contributed by atoms with van der Waals surface area (Å²) in [6.45, 7) is 9.31. The van der Waals surface area contributed by atoms with E-state index in [1.54, 1.807) is 42.9 Å². The second-order valence-corrected chi connectivity index (χ2v) is 10.5. The molecule has 1 aromatic carbocycles. The van der Waals surface area contributed by atoms with Crippen molar-refractivity contribution in [2.75, 3.05) is 12.3 Å². The lowest BCUT2D eigenvalue weighted by molar-refractivity contribution is 0.0728. The van der Waals surface area contributed by atoms with Crippen molar-refractivity contribution in [2.24, 2.45) is 0 Å². The van der Waals surface area contributed by atoms with E-state index in [1.165, 1.54) is 6.20 Å². The molecule has 2 aromatic heterocycles. The largest absolute Gasteiger partial charge is 0.390 e. The third-order valence-electron chi connectivity index (χ3n) is 5.03. The predicted octanol–water partition coefficient (Wildman–Crippen LogP) is 2.92. The summed E-state index contributed by atoms with van der Waals surface area (Å²) in [6, 6.07) is 5.04. The number of aromatic nitrogens is 4. The quantitative estimate of drug-likeness (QED) is 0.472. The number of hydrogen-bond acceptors (Lipinski definition) is 7. The fourth-order valence-electron chi connectivity index (χ4n) is 3.10. The lowest BCUT2D eigenvalue weighted by Crippen LogP contribution is -2.30. The second kappa shape index (κ2) is 8.97. The molecule has 10 heteroatoms. The maximum atomic E-state index is 12.8. The number of hydrogen-bond donors (Lipinski definition) is 3. The molecule has 0 unspecified atom stereocenters. The van der Waals surface area contributed by atoms with Crippen molar-refractivity contribution in [1.29, 1.82) is 0 Å². The Bertz CT molecular complexity index is 1210. The molecule has 32 heavy (non-hydrogen) atoms. The summed E-state index contributed by atoms with van der Waals surface area (Å²) < 4.78 is 29.9. The van der Waals surface area contributed by atoms with Crippen LogP contribution in [-0.2, 0) is 10.0 Å². The summed E-state index contributed by atoms with van der Waals surface area (Å²) in [7, 11) is -3.75. The number of anilines is 1. The maximum Gasteiger partial charge on any atom is 0.240 e. The van der Waals surface area contributed by atoms with Gasteiger partial charge in [0.2, 0.25) is 10.0 Å². The molecule has 0 bridgehead atoms. The first-order valence-electron chi connectivity index (χ1n) is 10.4. The second-order valence-electron chi connectivity index (χ2n) is 8.73. The van der Waals surface area contributed by atoms with Crippen molar-refractivity contribution in [3.63, 3.8) is 0 Å². The van der Waals surface area contributed by atoms with Gasteiger partial charge in [0, 0.05) is 29.9 Å². The van der Waals surface area contributed by atoms with Gasteiger partial charge in [-0.15, -0.1) is 0 Å². The van der Waals surface area contributed by atoms with Gasteiger partial charge in [-0.05, 0) is 58.7 Å². The summed E-state index contributed by atoms with van der Waals surface area (Å²) >= 11 is 0. The molecule has 3 rings (SSSR count). The Balaban J connectivity index is 1.96. The van der Waals surface area contributed by atoms with Crippen LogP contribution < -0.4 is 10.5 Å². The van der Waals surface area contributed by atoms with Gasteiger partial charge in [0.25, 0.3) is 0 Å². The lowest BCUT2D eigenvalue weighted by atomic mass is 10.1. The molecular weight excluding hydrogens is 428 g/mol. The number of benzene rings is 1. The predicted molar refractivity (Wildman–Crippen MR) is 124 cm³/mol. The third-order valence-corrected chi connectivity index (χ3v) is 6.49. The van der Waals surface area contributed by atoms with Crippen LogP contribution in [0.25, 0.3) is 22.5 Å². The van der Waals surface area contributed by atoms with Crippen LogP contribution in [0.2, 0.25) is 0 Å². The number of aliphatic hydroxyl groups is 1. The van der Waals surface area contributed by atoms with E-state index in [1.807, 2.05) is 27.0 Å². The summed E-state index contributed by atoms with van der Waals surface area (Å²) in [4.78, 5) is 9.07. The van der Waals surface area contributed by atoms with Crippen LogP contribution in [0, 0.1) is 6.92 Å². The van der Waals surface area contributed by atoms with Gasteiger partial charge in [-0.1, -0.05) is 6.07 Å². The molecule has 0 atom stereocenters. The van der Waals surface area contributed by atoms with E-state index in [0.717, 1.165) is 11.1 Å². The van der Waals surface area contributed by atoms with Gasteiger partial charge in [-0.2, -0.15) is 5.10 Å². The van der Waals surface area contributed by atoms with Crippen LogP contribution >= 0.6 is 0 Å². The Morgan fingerprint density at radius 3 is 2.59 bits per heavy atom. The number of aryl methyl sites for hydroxylation is 1. The van der Waals surface area contributed by atoms with E-state index >= 15 is 0 Å². The number of nitrogen functional groups attached to an aromatic ring is 1. The third kappa shape index (κ3) is 5.50. The Labute approximate surface area is 188 Å². The minimum absolute atomic E-state index is 0.113. The molecule has 2 heterocycles. The Kier molecular flexibility index (Phi) is 6.68. The van der Waals surface area contributed by atoms with E-state index < -0.39 is 15.6 Å². The van der Waals surface area contributed by atoms with Gasteiger partial charge in [0.05, 0.1) is 28.6 Å². The van der Waals surface area contributed by atoms with Gasteiger partial charge in [0.15, 0.2) is 0 Å². The summed E-state index contributed by atoms with van der Waals surface area (Å²) in [5.41, 5.74) is 8.35. The highest BCUT2D eigenvalue weighted by atomic mass is 32.2. The Morgan fingerprint density at radius 2 is 1.97 bits per heavy atom. The topological polar surface area (TPSA) is 136 Å². The van der Waals surface area contributed by atoms with Crippen molar-refractivity contribution in [3.05, 3.63) is 42.4 Å². The molecule has 4 N–H and O–H groups in total. The number of nitrogens with two attached hydrogens (primary N) is 1. The Hall–Kier alpha value is -2.82. The van der Waals surface area contributed by atoms with E-state index in [-0.39, 0.29) is 23.3 Å². The molecule has 0 saturated carbocycles. The highest BCUT2D eigenvalue weighted by Crippen LogP contribution is 2.29. The molecule has 0 amide bonds. The molecule has 0 aliphatic carbocycles. The first kappa shape index (κ1) is 23.8. The minimum atomic E-state index is -3.75. The standard InChI is InChI=1S/C22H30N6O3S/c1-14(2)28-13-16(11-25-28)20-21(23)24-12-19(27-20)18-10-17(7-6-15(18)3)32(30,31)26-9-8-22(4,5)29/h6-7,10-14,26,29H,8-9H2,1-5H3,(H2,23,24). The fourth-order valence-corrected chi connectivity index (χ4v) is 4.16. The first-order chi connectivity index (χ1) is 14.9. The van der Waals surface area contributed by atoms with E-state index in [9.17, 15) is 13.5 Å². The molecule has 0 aliphatic heterocycles. The van der Waals surface area contributed by atoms with E-state index in [2.05, 4.69) is 19.8 Å². The van der Waals surface area contributed by atoms with Crippen LogP contribution in [-0.4, -0.2) is 45.4 Å². The normalized spacial score (nSPS) is 12.5. The number of nitrogens with one attached hydrogen (secondary N) is 1. The van der Waals surface area contributed by atoms with Crippen molar-refractivity contribution in [3.8, 4) is 22.5 Å². The summed E-state index contributed by atoms with van der Waals surface area (Å²) in [6.07, 6.45) is 5.37. The molecular formula is C22H30N6O3S. The number of sulfonamides is 1. The van der Waals surface area contributed by atoms with Gasteiger partial charge in [-0.3, -0.25) is 4.68 Å².